The van der Waals surface area contributed by atoms with Crippen LogP contribution in [0.25, 0.3) is 0 Å². The van der Waals surface area contributed by atoms with Crippen molar-refractivity contribution in [1.82, 2.24) is 5.01 Å². The average molecular weight is 512 g/mol. The Morgan fingerprint density at radius 2 is 1.59 bits per heavy atom. The number of rotatable bonds is 3. The molecule has 0 aliphatic carbocycles. The third kappa shape index (κ3) is 3.40. The highest BCUT2D eigenvalue weighted by molar-refractivity contribution is 9.10. The normalized spacial score (nSPS) is 19.8. The zero-order valence-electron chi connectivity index (χ0n) is 15.3. The molecule has 6 heteroatoms. The van der Waals surface area contributed by atoms with E-state index in [2.05, 4.69) is 31.9 Å². The fraction of sp³-hybridized carbons (Fsp3) is 0.130. The Kier molecular flexibility index (Phi) is 4.76. The Morgan fingerprint density at radius 1 is 0.931 bits per heavy atom. The summed E-state index contributed by atoms with van der Waals surface area (Å²) in [5.74, 6) is 0.647. The third-order valence-corrected chi connectivity index (χ3v) is 6.29. The zero-order valence-corrected chi connectivity index (χ0v) is 18.4. The van der Waals surface area contributed by atoms with Crippen molar-refractivity contribution in [3.05, 3.63) is 98.4 Å². The summed E-state index contributed by atoms with van der Waals surface area (Å²) in [7, 11) is 0. The van der Waals surface area contributed by atoms with E-state index in [-0.39, 0.29) is 11.8 Å². The molecule has 0 unspecified atom stereocenters. The largest absolute Gasteiger partial charge is 0.461 e. The molecule has 144 valence electrons. The molecule has 0 amide bonds. The maximum absolute atomic E-state index is 13.3. The highest BCUT2D eigenvalue weighted by atomic mass is 79.9. The standard InChI is InChI=1S/C23H16Br2N2O2/c24-16-9-5-14(6-10-16)19-13-20-18-3-1-2-4-21(18)29-23(27(20)26-19)22(28)15-7-11-17(25)12-8-15/h1-12,20,23H,13H2/t20-,23+/m0/s1. The first-order chi connectivity index (χ1) is 14.1. The van der Waals surface area contributed by atoms with E-state index in [0.717, 1.165) is 38.0 Å². The first kappa shape index (κ1) is 18.6. The smallest absolute Gasteiger partial charge is 0.251 e. The van der Waals surface area contributed by atoms with Gasteiger partial charge < -0.3 is 4.74 Å². The van der Waals surface area contributed by atoms with Gasteiger partial charge in [-0.3, -0.25) is 4.79 Å². The number of carbonyl (C=O) groups is 1. The summed E-state index contributed by atoms with van der Waals surface area (Å²) in [6.07, 6.45) is -0.0596. The average Bonchev–Trinajstić information content (AvgIpc) is 3.19. The lowest BCUT2D eigenvalue weighted by Crippen LogP contribution is -2.45. The Bertz CT molecular complexity index is 1110. The summed E-state index contributed by atoms with van der Waals surface area (Å²) in [5, 5.41) is 6.66. The summed E-state index contributed by atoms with van der Waals surface area (Å²) in [4.78, 5) is 13.3. The third-order valence-electron chi connectivity index (χ3n) is 5.23. The summed E-state index contributed by atoms with van der Waals surface area (Å²) < 4.78 is 8.10. The summed E-state index contributed by atoms with van der Waals surface area (Å²) in [6, 6.07) is 23.3. The van der Waals surface area contributed by atoms with E-state index < -0.39 is 6.23 Å². The van der Waals surface area contributed by atoms with Crippen molar-refractivity contribution in [3.8, 4) is 5.75 Å². The number of Topliss-reactive ketones (excluding diaryl/α,β-unsaturated/α-hetero) is 1. The SMILES string of the molecule is O=C(c1ccc(Br)cc1)[C@H]1Oc2ccccc2[C@@H]2CC(c3ccc(Br)cc3)=NN12. The van der Waals surface area contributed by atoms with Crippen molar-refractivity contribution in [1.29, 1.82) is 0 Å². The molecular weight excluding hydrogens is 496 g/mol. The van der Waals surface area contributed by atoms with E-state index in [1.165, 1.54) is 0 Å². The fourth-order valence-electron chi connectivity index (χ4n) is 3.78. The van der Waals surface area contributed by atoms with Crippen molar-refractivity contribution in [2.45, 2.75) is 18.7 Å². The number of ether oxygens (including phenoxy) is 1. The monoisotopic (exact) mass is 510 g/mol. The van der Waals surface area contributed by atoms with Crippen LogP contribution >= 0.6 is 31.9 Å². The second-order valence-electron chi connectivity index (χ2n) is 7.03. The van der Waals surface area contributed by atoms with Gasteiger partial charge in [0.2, 0.25) is 5.78 Å². The molecule has 3 aromatic rings. The van der Waals surface area contributed by atoms with Crippen LogP contribution in [0, 0.1) is 0 Å². The van der Waals surface area contributed by atoms with Gasteiger partial charge in [-0.15, -0.1) is 0 Å². The first-order valence-corrected chi connectivity index (χ1v) is 10.9. The van der Waals surface area contributed by atoms with E-state index in [4.69, 9.17) is 9.84 Å². The lowest BCUT2D eigenvalue weighted by molar-refractivity contribution is -0.00455. The minimum atomic E-state index is -0.788. The number of hydrogen-bond acceptors (Lipinski definition) is 4. The Labute approximate surface area is 185 Å². The van der Waals surface area contributed by atoms with E-state index in [9.17, 15) is 4.79 Å². The number of ketones is 1. The van der Waals surface area contributed by atoms with E-state index in [0.29, 0.717) is 5.56 Å². The van der Waals surface area contributed by atoms with Gasteiger partial charge in [-0.2, -0.15) is 5.10 Å². The number of hydrazone groups is 1. The molecule has 2 aliphatic rings. The van der Waals surface area contributed by atoms with Gasteiger partial charge in [0.15, 0.2) is 0 Å². The van der Waals surface area contributed by atoms with E-state index in [1.807, 2.05) is 65.7 Å². The van der Waals surface area contributed by atoms with E-state index in [1.54, 1.807) is 12.1 Å². The molecule has 2 atom stereocenters. The molecule has 0 saturated carbocycles. The van der Waals surface area contributed by atoms with Gasteiger partial charge in [0.1, 0.15) is 5.75 Å². The van der Waals surface area contributed by atoms with E-state index >= 15 is 0 Å². The van der Waals surface area contributed by atoms with Gasteiger partial charge in [0, 0.05) is 26.5 Å². The van der Waals surface area contributed by atoms with Gasteiger partial charge in [-0.05, 0) is 35.9 Å². The molecule has 2 heterocycles. The van der Waals surface area contributed by atoms with Crippen LogP contribution in [0.1, 0.15) is 33.9 Å². The minimum absolute atomic E-state index is 0.0250. The van der Waals surface area contributed by atoms with Crippen molar-refractivity contribution in [2.75, 3.05) is 0 Å². The number of benzene rings is 3. The van der Waals surface area contributed by atoms with Crippen LogP contribution in [-0.2, 0) is 0 Å². The second-order valence-corrected chi connectivity index (χ2v) is 8.86. The van der Waals surface area contributed by atoms with Gasteiger partial charge in [-0.25, -0.2) is 5.01 Å². The van der Waals surface area contributed by atoms with Gasteiger partial charge >= 0.3 is 0 Å². The van der Waals surface area contributed by atoms with Crippen LogP contribution in [0.5, 0.6) is 5.75 Å². The number of para-hydroxylation sites is 1. The zero-order chi connectivity index (χ0) is 20.0. The van der Waals surface area contributed by atoms with Crippen LogP contribution < -0.4 is 4.74 Å². The predicted molar refractivity (Wildman–Crippen MR) is 119 cm³/mol. The van der Waals surface area contributed by atoms with Gasteiger partial charge in [0.05, 0.1) is 11.8 Å². The lowest BCUT2D eigenvalue weighted by atomic mass is 9.96. The molecule has 0 fully saturated rings. The Hall–Kier alpha value is -2.44. The highest BCUT2D eigenvalue weighted by Crippen LogP contribution is 2.43. The highest BCUT2D eigenvalue weighted by Gasteiger charge is 2.43. The maximum atomic E-state index is 13.3. The minimum Gasteiger partial charge on any atom is -0.461 e. The molecule has 0 radical (unpaired) electrons. The van der Waals surface area contributed by atoms with Gasteiger partial charge in [-0.1, -0.05) is 74.3 Å². The lowest BCUT2D eigenvalue weighted by Gasteiger charge is -2.37. The number of hydrogen-bond donors (Lipinski definition) is 0. The number of halogens is 2. The topological polar surface area (TPSA) is 41.9 Å². The Balaban J connectivity index is 1.55. The molecule has 0 aromatic heterocycles. The van der Waals surface area contributed by atoms with Crippen LogP contribution in [0.4, 0.5) is 0 Å². The van der Waals surface area contributed by atoms with Crippen molar-refractivity contribution >= 4 is 43.4 Å². The fourth-order valence-corrected chi connectivity index (χ4v) is 4.31. The summed E-state index contributed by atoms with van der Waals surface area (Å²) >= 11 is 6.90. The molecule has 3 aromatic carbocycles. The molecular formula is C23H16Br2N2O2. The molecule has 5 rings (SSSR count). The number of carbonyl (C=O) groups excluding carboxylic acids is 1. The first-order valence-electron chi connectivity index (χ1n) is 9.27. The molecule has 0 saturated heterocycles. The van der Waals surface area contributed by atoms with Crippen molar-refractivity contribution in [2.24, 2.45) is 5.10 Å². The van der Waals surface area contributed by atoms with Crippen LogP contribution in [0.3, 0.4) is 0 Å². The maximum Gasteiger partial charge on any atom is 0.251 e. The van der Waals surface area contributed by atoms with Crippen LogP contribution in [0.2, 0.25) is 0 Å². The molecule has 0 N–H and O–H groups in total. The second kappa shape index (κ2) is 7.43. The number of nitrogens with zero attached hydrogens (tertiary/aromatic N) is 2. The summed E-state index contributed by atoms with van der Waals surface area (Å²) in [6.45, 7) is 0. The van der Waals surface area contributed by atoms with Gasteiger partial charge in [0.25, 0.3) is 6.23 Å². The van der Waals surface area contributed by atoms with Crippen molar-refractivity contribution in [3.63, 3.8) is 0 Å². The van der Waals surface area contributed by atoms with Crippen molar-refractivity contribution < 1.29 is 9.53 Å². The number of fused-ring (bicyclic) bond motifs is 3. The molecule has 0 bridgehead atoms. The quantitative estimate of drug-likeness (QED) is 0.407. The molecule has 29 heavy (non-hydrogen) atoms. The molecule has 2 aliphatic heterocycles. The molecule has 4 nitrogen and oxygen atoms in total. The summed E-state index contributed by atoms with van der Waals surface area (Å²) in [5.41, 5.74) is 3.66. The van der Waals surface area contributed by atoms with Crippen LogP contribution in [0.15, 0.2) is 86.8 Å². The predicted octanol–water partition coefficient (Wildman–Crippen LogP) is 5.96. The molecule has 0 spiro atoms. The Morgan fingerprint density at radius 3 is 2.31 bits per heavy atom. The van der Waals surface area contributed by atoms with Crippen LogP contribution in [-0.4, -0.2) is 22.7 Å².